The second-order valence-electron chi connectivity index (χ2n) is 4.82. The summed E-state index contributed by atoms with van der Waals surface area (Å²) in [6.07, 6.45) is 0.646. The second kappa shape index (κ2) is 5.85. The lowest BCUT2D eigenvalue weighted by molar-refractivity contribution is 0.630. The monoisotopic (exact) mass is 282 g/mol. The molecule has 0 radical (unpaired) electrons. The molecule has 2 aromatic carbocycles. The number of aromatic amines is 1. The van der Waals surface area contributed by atoms with Crippen molar-refractivity contribution < 1.29 is 4.39 Å². The van der Waals surface area contributed by atoms with Crippen LogP contribution in [0.4, 0.5) is 4.39 Å². The van der Waals surface area contributed by atoms with Gasteiger partial charge in [-0.15, -0.1) is 0 Å². The number of hydrogen-bond donors (Lipinski definition) is 2. The van der Waals surface area contributed by atoms with Gasteiger partial charge < -0.3 is 5.73 Å². The number of halogens is 1. The summed E-state index contributed by atoms with van der Waals surface area (Å²) in [5.41, 5.74) is 7.62. The first-order chi connectivity index (χ1) is 10.2. The summed E-state index contributed by atoms with van der Waals surface area (Å²) >= 11 is 0. The van der Waals surface area contributed by atoms with Crippen molar-refractivity contribution in [3.8, 4) is 11.4 Å². The molecule has 1 aromatic heterocycles. The number of hydrogen-bond acceptors (Lipinski definition) is 3. The highest BCUT2D eigenvalue weighted by Crippen LogP contribution is 2.20. The van der Waals surface area contributed by atoms with Crippen LogP contribution in [0.1, 0.15) is 17.4 Å². The Balaban J connectivity index is 1.80. The minimum Gasteiger partial charge on any atom is -0.321 e. The molecule has 0 bridgehead atoms. The third-order valence-electron chi connectivity index (χ3n) is 3.27. The van der Waals surface area contributed by atoms with Gasteiger partial charge in [-0.25, -0.2) is 9.37 Å². The molecule has 0 saturated carbocycles. The zero-order valence-corrected chi connectivity index (χ0v) is 11.3. The quantitative estimate of drug-likeness (QED) is 0.773. The molecule has 0 fully saturated rings. The van der Waals surface area contributed by atoms with Gasteiger partial charge in [0.2, 0.25) is 0 Å². The van der Waals surface area contributed by atoms with Crippen LogP contribution in [-0.4, -0.2) is 15.2 Å². The molecule has 21 heavy (non-hydrogen) atoms. The first-order valence-electron chi connectivity index (χ1n) is 6.71. The highest BCUT2D eigenvalue weighted by molar-refractivity contribution is 5.55. The highest BCUT2D eigenvalue weighted by atomic mass is 19.1. The maximum atomic E-state index is 13.7. The van der Waals surface area contributed by atoms with Crippen LogP contribution in [0.25, 0.3) is 11.4 Å². The summed E-state index contributed by atoms with van der Waals surface area (Å²) in [4.78, 5) is 4.31. The van der Waals surface area contributed by atoms with Gasteiger partial charge in [0, 0.05) is 0 Å². The van der Waals surface area contributed by atoms with E-state index in [0.717, 1.165) is 5.56 Å². The summed E-state index contributed by atoms with van der Waals surface area (Å²) < 4.78 is 13.7. The maximum absolute atomic E-state index is 13.7. The summed E-state index contributed by atoms with van der Waals surface area (Å²) in [6.45, 7) is 0. The van der Waals surface area contributed by atoms with Gasteiger partial charge in [-0.05, 0) is 24.1 Å². The molecule has 0 amide bonds. The molecule has 1 atom stereocenters. The Hall–Kier alpha value is -2.53. The van der Waals surface area contributed by atoms with Gasteiger partial charge >= 0.3 is 0 Å². The Morgan fingerprint density at radius 2 is 1.76 bits per heavy atom. The summed E-state index contributed by atoms with van der Waals surface area (Å²) in [5, 5.41) is 6.85. The molecule has 0 aliphatic heterocycles. The Bertz CT molecular complexity index is 724. The van der Waals surface area contributed by atoms with Crippen molar-refractivity contribution in [1.29, 1.82) is 0 Å². The first kappa shape index (κ1) is 13.5. The van der Waals surface area contributed by atoms with Gasteiger partial charge in [0.25, 0.3) is 0 Å². The van der Waals surface area contributed by atoms with Crippen LogP contribution in [0.15, 0.2) is 54.6 Å². The topological polar surface area (TPSA) is 67.6 Å². The van der Waals surface area contributed by atoms with E-state index in [1.54, 1.807) is 18.2 Å². The average Bonchev–Trinajstić information content (AvgIpc) is 2.98. The number of nitrogens with two attached hydrogens (primary N) is 1. The zero-order chi connectivity index (χ0) is 14.7. The van der Waals surface area contributed by atoms with Crippen LogP contribution < -0.4 is 5.73 Å². The minimum absolute atomic E-state index is 0.305. The number of H-pyrrole nitrogens is 1. The normalized spacial score (nSPS) is 12.3. The fourth-order valence-electron chi connectivity index (χ4n) is 2.17. The van der Waals surface area contributed by atoms with Crippen molar-refractivity contribution in [2.75, 3.05) is 0 Å². The number of benzene rings is 2. The molecule has 1 unspecified atom stereocenters. The first-order valence-corrected chi connectivity index (χ1v) is 6.71. The molecule has 3 aromatic rings. The van der Waals surface area contributed by atoms with Crippen LogP contribution >= 0.6 is 0 Å². The third-order valence-corrected chi connectivity index (χ3v) is 3.27. The fraction of sp³-hybridized carbons (Fsp3) is 0.125. The number of nitrogens with zero attached hydrogens (tertiary/aromatic N) is 2. The number of rotatable bonds is 4. The maximum Gasteiger partial charge on any atom is 0.184 e. The van der Waals surface area contributed by atoms with Gasteiger partial charge in [-0.3, -0.25) is 5.10 Å². The average molecular weight is 282 g/mol. The van der Waals surface area contributed by atoms with Gasteiger partial charge in [0.05, 0.1) is 11.6 Å². The smallest absolute Gasteiger partial charge is 0.184 e. The summed E-state index contributed by atoms with van der Waals surface area (Å²) in [7, 11) is 0. The lowest BCUT2D eigenvalue weighted by atomic mass is 10.1. The van der Waals surface area contributed by atoms with E-state index in [2.05, 4.69) is 15.2 Å². The number of nitrogens with one attached hydrogen (secondary N) is 1. The second-order valence-corrected chi connectivity index (χ2v) is 4.82. The molecule has 106 valence electrons. The van der Waals surface area contributed by atoms with E-state index in [-0.39, 0.29) is 11.9 Å². The molecule has 3 N–H and O–H groups in total. The van der Waals surface area contributed by atoms with E-state index in [4.69, 9.17) is 5.73 Å². The van der Waals surface area contributed by atoms with Crippen LogP contribution in [-0.2, 0) is 6.42 Å². The molecule has 0 spiro atoms. The van der Waals surface area contributed by atoms with Gasteiger partial charge in [0.1, 0.15) is 11.6 Å². The lowest BCUT2D eigenvalue weighted by Gasteiger charge is -2.07. The zero-order valence-electron chi connectivity index (χ0n) is 11.3. The van der Waals surface area contributed by atoms with Crippen molar-refractivity contribution in [1.82, 2.24) is 15.2 Å². The molecule has 0 aliphatic rings. The highest BCUT2D eigenvalue weighted by Gasteiger charge is 2.15. The van der Waals surface area contributed by atoms with Gasteiger partial charge in [-0.2, -0.15) is 5.10 Å². The molecular formula is C16H15FN4. The Morgan fingerprint density at radius 3 is 2.52 bits per heavy atom. The third kappa shape index (κ3) is 2.98. The van der Waals surface area contributed by atoms with E-state index >= 15 is 0 Å². The minimum atomic E-state index is -0.348. The van der Waals surface area contributed by atoms with Gasteiger partial charge in [-0.1, -0.05) is 42.5 Å². The van der Waals surface area contributed by atoms with Crippen molar-refractivity contribution in [2.45, 2.75) is 12.5 Å². The van der Waals surface area contributed by atoms with Gasteiger partial charge in [0.15, 0.2) is 5.82 Å². The fourth-order valence-corrected chi connectivity index (χ4v) is 2.17. The molecule has 3 rings (SSSR count). The van der Waals surface area contributed by atoms with E-state index in [1.807, 2.05) is 30.3 Å². The van der Waals surface area contributed by atoms with Crippen LogP contribution in [0, 0.1) is 5.82 Å². The largest absolute Gasteiger partial charge is 0.321 e. The van der Waals surface area contributed by atoms with E-state index < -0.39 is 0 Å². The van der Waals surface area contributed by atoms with E-state index in [0.29, 0.717) is 23.6 Å². The lowest BCUT2D eigenvalue weighted by Crippen LogP contribution is -2.15. The molecule has 1 heterocycles. The van der Waals surface area contributed by atoms with Crippen molar-refractivity contribution in [3.63, 3.8) is 0 Å². The Morgan fingerprint density at radius 1 is 1.05 bits per heavy atom. The standard InChI is InChI=1S/C16H15FN4/c17-13-9-5-4-8-12(13)15-19-16(21-20-15)14(18)10-11-6-2-1-3-7-11/h1-9,14H,10,18H2,(H,19,20,21). The molecule has 0 saturated heterocycles. The summed E-state index contributed by atoms with van der Waals surface area (Å²) in [6, 6.07) is 16.0. The Labute approximate surface area is 121 Å². The number of aromatic nitrogens is 3. The Kier molecular flexibility index (Phi) is 3.75. The predicted octanol–water partition coefficient (Wildman–Crippen LogP) is 2.85. The van der Waals surface area contributed by atoms with E-state index in [9.17, 15) is 4.39 Å². The van der Waals surface area contributed by atoms with E-state index in [1.165, 1.54) is 6.07 Å². The van der Waals surface area contributed by atoms with Crippen molar-refractivity contribution in [2.24, 2.45) is 5.73 Å². The molecule has 0 aliphatic carbocycles. The van der Waals surface area contributed by atoms with Crippen LogP contribution in [0.2, 0.25) is 0 Å². The molecule has 4 nitrogen and oxygen atoms in total. The SMILES string of the molecule is NC(Cc1ccccc1)c1nc(-c2ccccc2F)n[nH]1. The van der Waals surface area contributed by atoms with Crippen molar-refractivity contribution in [3.05, 3.63) is 71.8 Å². The van der Waals surface area contributed by atoms with Crippen LogP contribution in [0.5, 0.6) is 0 Å². The molecule has 5 heteroatoms. The van der Waals surface area contributed by atoms with Crippen LogP contribution in [0.3, 0.4) is 0 Å². The predicted molar refractivity (Wildman–Crippen MR) is 78.9 cm³/mol. The summed E-state index contributed by atoms with van der Waals surface area (Å²) in [5.74, 6) is 0.531. The van der Waals surface area contributed by atoms with Crippen molar-refractivity contribution >= 4 is 0 Å². The molecular weight excluding hydrogens is 267 g/mol.